The first kappa shape index (κ1) is 15.4. The predicted octanol–water partition coefficient (Wildman–Crippen LogP) is 3.34. The van der Waals surface area contributed by atoms with Gasteiger partial charge in [-0.1, -0.05) is 24.3 Å². The van der Waals surface area contributed by atoms with Crippen LogP contribution >= 0.6 is 0 Å². The van der Waals surface area contributed by atoms with Gasteiger partial charge in [-0.3, -0.25) is 4.98 Å². The summed E-state index contributed by atoms with van der Waals surface area (Å²) < 4.78 is 5.52. The van der Waals surface area contributed by atoms with Gasteiger partial charge in [0.05, 0.1) is 16.6 Å². The van der Waals surface area contributed by atoms with Crippen LogP contribution in [0.15, 0.2) is 70.0 Å². The molecule has 0 aliphatic heterocycles. The van der Waals surface area contributed by atoms with E-state index in [1.54, 1.807) is 30.5 Å². The summed E-state index contributed by atoms with van der Waals surface area (Å²) in [6.45, 7) is 0.912. The van der Waals surface area contributed by atoms with E-state index in [0.29, 0.717) is 29.6 Å². The Morgan fingerprint density at radius 1 is 0.920 bits per heavy atom. The standard InChI is InChI=1S/C20H16N2O3/c23-18-9-8-15-14-6-1-2-7-16(14)20(24)25-19(15)17(18)12-21-11-13-5-3-4-10-22-13/h1-10,21,23H,11-12H2. The van der Waals surface area contributed by atoms with Crippen molar-refractivity contribution in [3.05, 3.63) is 82.5 Å². The molecule has 2 heterocycles. The summed E-state index contributed by atoms with van der Waals surface area (Å²) in [5.74, 6) is 0.0967. The van der Waals surface area contributed by atoms with Gasteiger partial charge in [-0.2, -0.15) is 0 Å². The van der Waals surface area contributed by atoms with Crippen LogP contribution in [-0.4, -0.2) is 10.1 Å². The van der Waals surface area contributed by atoms with Crippen LogP contribution in [0, 0.1) is 0 Å². The molecule has 2 aromatic carbocycles. The van der Waals surface area contributed by atoms with E-state index in [-0.39, 0.29) is 5.75 Å². The molecule has 4 aromatic rings. The van der Waals surface area contributed by atoms with Gasteiger partial charge in [-0.05, 0) is 35.7 Å². The Kier molecular flexibility index (Phi) is 3.91. The molecule has 0 amide bonds. The first-order valence-electron chi connectivity index (χ1n) is 8.01. The lowest BCUT2D eigenvalue weighted by Crippen LogP contribution is -2.14. The van der Waals surface area contributed by atoms with Gasteiger partial charge in [-0.15, -0.1) is 0 Å². The molecule has 25 heavy (non-hydrogen) atoms. The Hall–Kier alpha value is -3.18. The molecular formula is C20H16N2O3. The molecule has 0 unspecified atom stereocenters. The van der Waals surface area contributed by atoms with Gasteiger partial charge in [0.15, 0.2) is 0 Å². The number of nitrogens with one attached hydrogen (secondary N) is 1. The van der Waals surface area contributed by atoms with E-state index in [2.05, 4.69) is 10.3 Å². The third-order valence-electron chi connectivity index (χ3n) is 4.20. The lowest BCUT2D eigenvalue weighted by Gasteiger charge is -2.10. The van der Waals surface area contributed by atoms with Crippen molar-refractivity contribution in [3.63, 3.8) is 0 Å². The third kappa shape index (κ3) is 2.86. The molecule has 2 aromatic heterocycles. The maximum absolute atomic E-state index is 12.3. The van der Waals surface area contributed by atoms with Crippen molar-refractivity contribution in [2.45, 2.75) is 13.1 Å². The van der Waals surface area contributed by atoms with Gasteiger partial charge in [0, 0.05) is 24.7 Å². The number of phenolic OH excluding ortho intramolecular Hbond substituents is 1. The monoisotopic (exact) mass is 332 g/mol. The van der Waals surface area contributed by atoms with E-state index in [9.17, 15) is 9.90 Å². The molecule has 0 fully saturated rings. The van der Waals surface area contributed by atoms with Crippen LogP contribution in [0.5, 0.6) is 5.75 Å². The number of benzene rings is 2. The zero-order valence-corrected chi connectivity index (χ0v) is 13.4. The van der Waals surface area contributed by atoms with Crippen LogP contribution in [0.3, 0.4) is 0 Å². The largest absolute Gasteiger partial charge is 0.507 e. The van der Waals surface area contributed by atoms with Crippen molar-refractivity contribution in [1.82, 2.24) is 10.3 Å². The molecular weight excluding hydrogens is 316 g/mol. The Labute approximate surface area is 143 Å². The predicted molar refractivity (Wildman–Crippen MR) is 96.4 cm³/mol. The molecule has 0 spiro atoms. The topological polar surface area (TPSA) is 75.4 Å². The molecule has 4 rings (SSSR count). The van der Waals surface area contributed by atoms with Crippen molar-refractivity contribution < 1.29 is 9.52 Å². The summed E-state index contributed by atoms with van der Waals surface area (Å²) in [5.41, 5.74) is 1.47. The molecule has 124 valence electrons. The van der Waals surface area contributed by atoms with Crippen LogP contribution in [0.1, 0.15) is 11.3 Å². The van der Waals surface area contributed by atoms with E-state index >= 15 is 0 Å². The van der Waals surface area contributed by atoms with Crippen LogP contribution < -0.4 is 10.9 Å². The maximum atomic E-state index is 12.3. The zero-order valence-electron chi connectivity index (χ0n) is 13.4. The first-order chi connectivity index (χ1) is 12.2. The normalized spacial score (nSPS) is 11.2. The maximum Gasteiger partial charge on any atom is 0.344 e. The van der Waals surface area contributed by atoms with Crippen molar-refractivity contribution in [2.24, 2.45) is 0 Å². The number of aromatic nitrogens is 1. The van der Waals surface area contributed by atoms with Crippen LogP contribution in [0.4, 0.5) is 0 Å². The summed E-state index contributed by atoms with van der Waals surface area (Å²) in [7, 11) is 0. The highest BCUT2D eigenvalue weighted by Gasteiger charge is 2.13. The average molecular weight is 332 g/mol. The van der Waals surface area contributed by atoms with Crippen LogP contribution in [-0.2, 0) is 13.1 Å². The number of hydrogen-bond donors (Lipinski definition) is 2. The molecule has 0 atom stereocenters. The van der Waals surface area contributed by atoms with Crippen LogP contribution in [0.25, 0.3) is 21.7 Å². The molecule has 5 heteroatoms. The van der Waals surface area contributed by atoms with E-state index in [0.717, 1.165) is 16.5 Å². The highest BCUT2D eigenvalue weighted by atomic mass is 16.4. The highest BCUT2D eigenvalue weighted by molar-refractivity contribution is 6.05. The van der Waals surface area contributed by atoms with Gasteiger partial charge < -0.3 is 14.8 Å². The lowest BCUT2D eigenvalue weighted by atomic mass is 10.0. The Balaban J connectivity index is 1.75. The summed E-state index contributed by atoms with van der Waals surface area (Å²) in [5, 5.41) is 15.6. The fourth-order valence-electron chi connectivity index (χ4n) is 2.98. The molecule has 0 saturated carbocycles. The van der Waals surface area contributed by atoms with Gasteiger partial charge in [0.2, 0.25) is 0 Å². The number of hydrogen-bond acceptors (Lipinski definition) is 5. The Morgan fingerprint density at radius 3 is 2.52 bits per heavy atom. The minimum absolute atomic E-state index is 0.0967. The van der Waals surface area contributed by atoms with E-state index in [1.807, 2.05) is 30.3 Å². The average Bonchev–Trinajstić information content (AvgIpc) is 2.65. The fourth-order valence-corrected chi connectivity index (χ4v) is 2.98. The number of phenols is 1. The number of nitrogens with zero attached hydrogens (tertiary/aromatic N) is 1. The first-order valence-corrected chi connectivity index (χ1v) is 8.01. The summed E-state index contributed by atoms with van der Waals surface area (Å²) in [6, 6.07) is 16.4. The minimum Gasteiger partial charge on any atom is -0.507 e. The van der Waals surface area contributed by atoms with E-state index < -0.39 is 5.63 Å². The molecule has 0 saturated heterocycles. The fraction of sp³-hybridized carbons (Fsp3) is 0.100. The molecule has 0 aliphatic carbocycles. The Morgan fingerprint density at radius 2 is 1.72 bits per heavy atom. The molecule has 5 nitrogen and oxygen atoms in total. The smallest absolute Gasteiger partial charge is 0.344 e. The van der Waals surface area contributed by atoms with Crippen molar-refractivity contribution in [2.75, 3.05) is 0 Å². The van der Waals surface area contributed by atoms with Crippen LogP contribution in [0.2, 0.25) is 0 Å². The minimum atomic E-state index is -0.403. The van der Waals surface area contributed by atoms with Crippen molar-refractivity contribution in [1.29, 1.82) is 0 Å². The lowest BCUT2D eigenvalue weighted by molar-refractivity contribution is 0.461. The molecule has 0 radical (unpaired) electrons. The quantitative estimate of drug-likeness (QED) is 0.443. The molecule has 2 N–H and O–H groups in total. The SMILES string of the molecule is O=c1oc2c(CNCc3ccccn3)c(O)ccc2c2ccccc12. The van der Waals surface area contributed by atoms with E-state index in [4.69, 9.17) is 4.42 Å². The van der Waals surface area contributed by atoms with Gasteiger partial charge in [0.25, 0.3) is 0 Å². The second kappa shape index (κ2) is 6.37. The molecule has 0 bridgehead atoms. The molecule has 0 aliphatic rings. The Bertz CT molecular complexity index is 1100. The van der Waals surface area contributed by atoms with Crippen molar-refractivity contribution >= 4 is 21.7 Å². The highest BCUT2D eigenvalue weighted by Crippen LogP contribution is 2.30. The summed E-state index contributed by atoms with van der Waals surface area (Å²) in [6.07, 6.45) is 1.73. The van der Waals surface area contributed by atoms with E-state index in [1.165, 1.54) is 0 Å². The number of rotatable bonds is 4. The second-order valence-electron chi connectivity index (χ2n) is 5.80. The van der Waals surface area contributed by atoms with Gasteiger partial charge in [-0.25, -0.2) is 4.79 Å². The number of fused-ring (bicyclic) bond motifs is 3. The van der Waals surface area contributed by atoms with Gasteiger partial charge in [0.1, 0.15) is 11.3 Å². The number of aromatic hydroxyl groups is 1. The number of pyridine rings is 1. The van der Waals surface area contributed by atoms with Crippen molar-refractivity contribution in [3.8, 4) is 5.75 Å². The van der Waals surface area contributed by atoms with Gasteiger partial charge >= 0.3 is 5.63 Å². The summed E-state index contributed by atoms with van der Waals surface area (Å²) in [4.78, 5) is 16.5. The summed E-state index contributed by atoms with van der Waals surface area (Å²) >= 11 is 0. The zero-order chi connectivity index (χ0) is 17.2. The second-order valence-corrected chi connectivity index (χ2v) is 5.80. The third-order valence-corrected chi connectivity index (χ3v) is 4.20.